The van der Waals surface area contributed by atoms with Crippen molar-refractivity contribution in [3.63, 3.8) is 0 Å². The van der Waals surface area contributed by atoms with Crippen LogP contribution in [0.4, 0.5) is 21.8 Å². The summed E-state index contributed by atoms with van der Waals surface area (Å²) < 4.78 is 26.8. The molecule has 2 fully saturated rings. The number of rotatable bonds is 7. The van der Waals surface area contributed by atoms with E-state index in [1.165, 1.54) is 12.8 Å². The molecule has 4 heterocycles. The number of aromatic amines is 2. The number of H-pyrrole nitrogens is 2. The van der Waals surface area contributed by atoms with Gasteiger partial charge in [-0.2, -0.15) is 15.1 Å². The third kappa shape index (κ3) is 4.52. The second-order valence-corrected chi connectivity index (χ2v) is 9.07. The zero-order valence-corrected chi connectivity index (χ0v) is 19.3. The Morgan fingerprint density at radius 3 is 2.94 bits per heavy atom. The topological polar surface area (TPSA) is 130 Å². The molecular formula is C24H27FN8O2. The second kappa shape index (κ2) is 8.82. The van der Waals surface area contributed by atoms with Crippen molar-refractivity contribution in [1.82, 2.24) is 25.1 Å². The first-order valence-electron chi connectivity index (χ1n) is 11.8. The molecule has 4 aromatic rings. The maximum atomic E-state index is 15.2. The molecule has 1 saturated carbocycles. The number of nitrogens with one attached hydrogen (secondary N) is 3. The number of morpholine rings is 1. The molecule has 35 heavy (non-hydrogen) atoms. The van der Waals surface area contributed by atoms with Crippen molar-refractivity contribution in [3.8, 4) is 11.8 Å². The van der Waals surface area contributed by atoms with Crippen LogP contribution in [0.5, 0.6) is 11.8 Å². The van der Waals surface area contributed by atoms with E-state index in [2.05, 4.69) is 35.4 Å². The number of benzene rings is 1. The first-order chi connectivity index (χ1) is 17.1. The van der Waals surface area contributed by atoms with Crippen LogP contribution in [0.3, 0.4) is 0 Å². The minimum atomic E-state index is -0.466. The number of hydrogen-bond donors (Lipinski definition) is 4. The molecule has 1 aliphatic carbocycles. The zero-order valence-electron chi connectivity index (χ0n) is 19.3. The minimum Gasteiger partial charge on any atom is -0.421 e. The van der Waals surface area contributed by atoms with Gasteiger partial charge in [0, 0.05) is 60.0 Å². The fourth-order valence-electron chi connectivity index (χ4n) is 4.36. The Kier molecular flexibility index (Phi) is 5.50. The molecule has 6 rings (SSSR count). The molecule has 3 aromatic heterocycles. The summed E-state index contributed by atoms with van der Waals surface area (Å²) in [5, 5.41) is 11.1. The van der Waals surface area contributed by atoms with Crippen LogP contribution >= 0.6 is 0 Å². The highest BCUT2D eigenvalue weighted by Gasteiger charge is 2.26. The predicted molar refractivity (Wildman–Crippen MR) is 130 cm³/mol. The Morgan fingerprint density at radius 2 is 2.11 bits per heavy atom. The number of nitrogens with two attached hydrogens (primary N) is 1. The largest absolute Gasteiger partial charge is 0.421 e. The highest BCUT2D eigenvalue weighted by Crippen LogP contribution is 2.40. The first-order valence-corrected chi connectivity index (χ1v) is 11.8. The van der Waals surface area contributed by atoms with Gasteiger partial charge in [-0.25, -0.2) is 4.39 Å². The highest BCUT2D eigenvalue weighted by atomic mass is 19.1. The zero-order chi connectivity index (χ0) is 23.9. The van der Waals surface area contributed by atoms with Crippen molar-refractivity contribution in [2.75, 3.05) is 36.5 Å². The molecule has 2 aliphatic rings. The molecule has 1 saturated heterocycles. The maximum absolute atomic E-state index is 15.2. The molecular weight excluding hydrogens is 451 g/mol. The number of halogens is 1. The van der Waals surface area contributed by atoms with E-state index in [0.717, 1.165) is 11.4 Å². The van der Waals surface area contributed by atoms with Crippen LogP contribution in [0.25, 0.3) is 10.9 Å². The lowest BCUT2D eigenvalue weighted by Gasteiger charge is -2.33. The van der Waals surface area contributed by atoms with Gasteiger partial charge >= 0.3 is 6.01 Å². The van der Waals surface area contributed by atoms with Crippen molar-refractivity contribution in [2.24, 2.45) is 5.73 Å². The quantitative estimate of drug-likeness (QED) is 0.316. The van der Waals surface area contributed by atoms with Gasteiger partial charge in [-0.3, -0.25) is 5.10 Å². The van der Waals surface area contributed by atoms with Crippen LogP contribution in [-0.2, 0) is 4.74 Å². The van der Waals surface area contributed by atoms with Crippen molar-refractivity contribution < 1.29 is 13.9 Å². The van der Waals surface area contributed by atoms with Crippen LogP contribution in [0.1, 0.15) is 30.1 Å². The van der Waals surface area contributed by atoms with Gasteiger partial charge in [0.15, 0.2) is 17.4 Å². The van der Waals surface area contributed by atoms with Crippen LogP contribution in [0.2, 0.25) is 0 Å². The van der Waals surface area contributed by atoms with E-state index in [0.29, 0.717) is 60.5 Å². The number of aromatic nitrogens is 5. The van der Waals surface area contributed by atoms with E-state index in [1.807, 2.05) is 19.1 Å². The van der Waals surface area contributed by atoms with Gasteiger partial charge in [0.1, 0.15) is 11.6 Å². The van der Waals surface area contributed by atoms with Crippen molar-refractivity contribution in [1.29, 1.82) is 0 Å². The van der Waals surface area contributed by atoms with Crippen LogP contribution < -0.4 is 20.7 Å². The molecule has 0 bridgehead atoms. The average molecular weight is 479 g/mol. The Hall–Kier alpha value is -3.70. The second-order valence-electron chi connectivity index (χ2n) is 9.07. The minimum absolute atomic E-state index is 0.0317. The molecule has 5 N–H and O–H groups in total. The van der Waals surface area contributed by atoms with Crippen LogP contribution in [0.15, 0.2) is 30.3 Å². The molecule has 11 heteroatoms. The summed E-state index contributed by atoms with van der Waals surface area (Å²) in [5.41, 5.74) is 8.50. The number of anilines is 3. The first kappa shape index (κ1) is 21.8. The Labute approximate surface area is 201 Å². The molecule has 0 radical (unpaired) electrons. The lowest BCUT2D eigenvalue weighted by molar-refractivity contribution is 0.0462. The average Bonchev–Trinajstić information content (AvgIpc) is 3.49. The van der Waals surface area contributed by atoms with E-state index >= 15 is 4.39 Å². The van der Waals surface area contributed by atoms with Gasteiger partial charge in [-0.15, -0.1) is 0 Å². The SMILES string of the molecule is Cc1cc2c(F)c(Oc3nc(Nc4cc(C5CC5)[nH]n4)cc(N4CCOC(CN)C4)n3)ccc2[nH]1. The van der Waals surface area contributed by atoms with E-state index in [4.69, 9.17) is 15.2 Å². The summed E-state index contributed by atoms with van der Waals surface area (Å²) in [4.78, 5) is 14.3. The van der Waals surface area contributed by atoms with Crippen molar-refractivity contribution >= 4 is 28.4 Å². The molecule has 0 spiro atoms. The lowest BCUT2D eigenvalue weighted by atomic mass is 10.2. The highest BCUT2D eigenvalue weighted by molar-refractivity contribution is 5.82. The Morgan fingerprint density at radius 1 is 1.23 bits per heavy atom. The van der Waals surface area contributed by atoms with Crippen LogP contribution in [0, 0.1) is 12.7 Å². The fourth-order valence-corrected chi connectivity index (χ4v) is 4.36. The lowest BCUT2D eigenvalue weighted by Crippen LogP contribution is -2.46. The molecule has 0 amide bonds. The Balaban J connectivity index is 1.33. The summed E-state index contributed by atoms with van der Waals surface area (Å²) in [6.45, 7) is 4.06. The number of fused-ring (bicyclic) bond motifs is 1. The van der Waals surface area contributed by atoms with Crippen molar-refractivity contribution in [2.45, 2.75) is 31.8 Å². The molecule has 182 valence electrons. The van der Waals surface area contributed by atoms with E-state index in [9.17, 15) is 0 Å². The van der Waals surface area contributed by atoms with Gasteiger partial charge in [0.05, 0.1) is 12.7 Å². The van der Waals surface area contributed by atoms with E-state index < -0.39 is 5.82 Å². The number of nitrogens with zero attached hydrogens (tertiary/aromatic N) is 4. The maximum Gasteiger partial charge on any atom is 0.326 e. The standard InChI is InChI=1S/C24H27FN8O2/c1-13-8-16-17(27-13)4-5-19(23(16)25)35-24-29-20(28-21-9-18(31-32-21)14-2-3-14)10-22(30-24)33-6-7-34-15(11-26)12-33/h4-5,8-10,14-15,27H,2-3,6-7,11-12,26H2,1H3,(H2,28,29,30,31,32). The summed E-state index contributed by atoms with van der Waals surface area (Å²) in [7, 11) is 0. The molecule has 1 aromatic carbocycles. The molecule has 1 aliphatic heterocycles. The van der Waals surface area contributed by atoms with Gasteiger partial charge in [0.2, 0.25) is 0 Å². The van der Waals surface area contributed by atoms with E-state index in [-0.39, 0.29) is 17.9 Å². The molecule has 1 atom stereocenters. The van der Waals surface area contributed by atoms with Gasteiger partial charge in [-0.1, -0.05) is 0 Å². The predicted octanol–water partition coefficient (Wildman–Crippen LogP) is 3.71. The third-order valence-corrected chi connectivity index (χ3v) is 6.33. The van der Waals surface area contributed by atoms with Gasteiger partial charge in [-0.05, 0) is 38.0 Å². The molecule has 1 unspecified atom stereocenters. The Bertz CT molecular complexity index is 1370. The van der Waals surface area contributed by atoms with E-state index in [1.54, 1.807) is 18.2 Å². The normalized spacial score (nSPS) is 18.3. The van der Waals surface area contributed by atoms with Gasteiger partial charge < -0.3 is 30.4 Å². The fraction of sp³-hybridized carbons (Fsp3) is 0.375. The van der Waals surface area contributed by atoms with Crippen LogP contribution in [-0.4, -0.2) is 57.5 Å². The summed E-state index contributed by atoms with van der Waals surface area (Å²) in [6.07, 6.45) is 2.25. The third-order valence-electron chi connectivity index (χ3n) is 6.33. The number of aryl methyl sites for hydroxylation is 1. The monoisotopic (exact) mass is 478 g/mol. The van der Waals surface area contributed by atoms with Crippen molar-refractivity contribution in [3.05, 3.63) is 47.5 Å². The number of ether oxygens (including phenoxy) is 2. The summed E-state index contributed by atoms with van der Waals surface area (Å²) in [5.74, 6) is 1.92. The summed E-state index contributed by atoms with van der Waals surface area (Å²) in [6, 6.07) is 8.95. The van der Waals surface area contributed by atoms with Gasteiger partial charge in [0.25, 0.3) is 0 Å². The number of hydrogen-bond acceptors (Lipinski definition) is 8. The molecule has 10 nitrogen and oxygen atoms in total. The summed E-state index contributed by atoms with van der Waals surface area (Å²) >= 11 is 0. The smallest absolute Gasteiger partial charge is 0.326 e.